The van der Waals surface area contributed by atoms with E-state index in [0.717, 1.165) is 21.4 Å². The fraction of sp³-hybridized carbons (Fsp3) is 0.0833. The van der Waals surface area contributed by atoms with Crippen LogP contribution in [0.1, 0.15) is 17.0 Å². The molecule has 9 heteroatoms. The van der Waals surface area contributed by atoms with Crippen molar-refractivity contribution in [1.29, 1.82) is 0 Å². The maximum absolute atomic E-state index is 13.1. The van der Waals surface area contributed by atoms with E-state index < -0.39 is 11.1 Å². The Bertz CT molecular complexity index is 1620. The van der Waals surface area contributed by atoms with Crippen molar-refractivity contribution < 1.29 is 13.5 Å². The second-order valence-electron chi connectivity index (χ2n) is 7.21. The number of fused-ring (bicyclic) bond motifs is 1. The number of hydrogen-bond donors (Lipinski definition) is 0. The first-order chi connectivity index (χ1) is 16.0. The molecular weight excluding hydrogens is 445 g/mol. The highest BCUT2D eigenvalue weighted by molar-refractivity contribution is 7.15. The Balaban J connectivity index is 1.49. The van der Waals surface area contributed by atoms with Crippen molar-refractivity contribution in [3.63, 3.8) is 0 Å². The van der Waals surface area contributed by atoms with Gasteiger partial charge in [-0.1, -0.05) is 23.5 Å². The van der Waals surface area contributed by atoms with Gasteiger partial charge in [0, 0.05) is 18.1 Å². The van der Waals surface area contributed by atoms with E-state index in [-0.39, 0.29) is 22.9 Å². The molecule has 5 rings (SSSR count). The summed E-state index contributed by atoms with van der Waals surface area (Å²) in [6, 6.07) is 16.6. The summed E-state index contributed by atoms with van der Waals surface area (Å²) < 4.78 is 25.5. The predicted molar refractivity (Wildman–Crippen MR) is 122 cm³/mol. The van der Waals surface area contributed by atoms with E-state index in [1.807, 2.05) is 12.1 Å². The van der Waals surface area contributed by atoms with Crippen molar-refractivity contribution in [2.24, 2.45) is 0 Å². The lowest BCUT2D eigenvalue weighted by atomic mass is 10.1. The lowest BCUT2D eigenvalue weighted by molar-refractivity contribution is 0.414. The first-order valence-corrected chi connectivity index (χ1v) is 10.7. The molecule has 5 aromatic rings. The Hall–Kier alpha value is -4.11. The maximum Gasteiger partial charge on any atom is 0.296 e. The second kappa shape index (κ2) is 8.44. The molecule has 3 heterocycles. The summed E-state index contributed by atoms with van der Waals surface area (Å²) in [5, 5.41) is 4.26. The number of nitrogens with zero attached hydrogens (tertiary/aromatic N) is 3. The molecule has 0 bridgehead atoms. The normalized spacial score (nSPS) is 11.9. The van der Waals surface area contributed by atoms with Crippen LogP contribution in [-0.2, 0) is 6.42 Å². The highest BCUT2D eigenvalue weighted by Gasteiger charge is 2.12. The number of ether oxygens (including phenoxy) is 1. The van der Waals surface area contributed by atoms with Crippen LogP contribution in [0.25, 0.3) is 22.4 Å². The van der Waals surface area contributed by atoms with Gasteiger partial charge in [0.25, 0.3) is 11.1 Å². The van der Waals surface area contributed by atoms with Gasteiger partial charge in [-0.05, 0) is 54.1 Å². The van der Waals surface area contributed by atoms with Gasteiger partial charge < -0.3 is 9.15 Å². The molecule has 0 N–H and O–H groups in total. The van der Waals surface area contributed by atoms with E-state index in [0.29, 0.717) is 27.4 Å². The molecule has 0 fully saturated rings. The van der Waals surface area contributed by atoms with Gasteiger partial charge in [-0.25, -0.2) is 4.39 Å². The molecule has 0 saturated carbocycles. The molecule has 0 aliphatic rings. The number of benzene rings is 2. The second-order valence-corrected chi connectivity index (χ2v) is 8.22. The van der Waals surface area contributed by atoms with E-state index >= 15 is 0 Å². The zero-order valence-electron chi connectivity index (χ0n) is 17.3. The number of furan rings is 1. The molecular formula is C24H16FN3O4S. The van der Waals surface area contributed by atoms with Crippen LogP contribution in [-0.4, -0.2) is 21.7 Å². The number of hydrogen-bond acceptors (Lipinski definition) is 7. The molecule has 0 atom stereocenters. The number of aromatic nitrogens is 3. The van der Waals surface area contributed by atoms with E-state index in [2.05, 4.69) is 10.1 Å². The number of rotatable bonds is 5. The molecule has 3 aromatic heterocycles. The van der Waals surface area contributed by atoms with Crippen LogP contribution < -0.4 is 20.4 Å². The molecule has 0 unspecified atom stereocenters. The van der Waals surface area contributed by atoms with Crippen LogP contribution >= 0.6 is 11.3 Å². The van der Waals surface area contributed by atoms with Gasteiger partial charge in [0.2, 0.25) is 4.96 Å². The van der Waals surface area contributed by atoms with E-state index in [1.54, 1.807) is 49.6 Å². The minimum atomic E-state index is -0.477. The minimum Gasteiger partial charge on any atom is -0.497 e. The highest BCUT2D eigenvalue weighted by atomic mass is 32.1. The molecule has 2 aromatic carbocycles. The lowest BCUT2D eigenvalue weighted by Crippen LogP contribution is -2.28. The van der Waals surface area contributed by atoms with Crippen LogP contribution in [0.2, 0.25) is 0 Å². The van der Waals surface area contributed by atoms with Crippen molar-refractivity contribution in [1.82, 2.24) is 14.6 Å². The van der Waals surface area contributed by atoms with Gasteiger partial charge in [0.05, 0.1) is 7.11 Å². The molecule has 0 aliphatic heterocycles. The quantitative estimate of drug-likeness (QED) is 0.400. The third-order valence-corrected chi connectivity index (χ3v) is 5.97. The van der Waals surface area contributed by atoms with Crippen LogP contribution in [0.15, 0.2) is 74.7 Å². The Morgan fingerprint density at radius 2 is 1.82 bits per heavy atom. The average molecular weight is 461 g/mol. The van der Waals surface area contributed by atoms with E-state index in [9.17, 15) is 14.0 Å². The number of methoxy groups -OCH3 is 1. The predicted octanol–water partition coefficient (Wildman–Crippen LogP) is 3.06. The molecule has 0 spiro atoms. The zero-order valence-corrected chi connectivity index (χ0v) is 18.1. The van der Waals surface area contributed by atoms with E-state index in [4.69, 9.17) is 9.15 Å². The number of halogens is 1. The van der Waals surface area contributed by atoms with Crippen molar-refractivity contribution in [3.05, 3.63) is 109 Å². The standard InChI is InChI=1S/C24H16FN3O4S/c1-31-17-8-2-14(3-9-17)12-19-22(29)26-24-28(27-19)23(30)21(33-24)13-18-10-11-20(32-18)15-4-6-16(25)7-5-15/h2-11,13H,12H2,1H3/b21-13+. The van der Waals surface area contributed by atoms with Crippen molar-refractivity contribution in [2.75, 3.05) is 7.11 Å². The largest absolute Gasteiger partial charge is 0.497 e. The Labute approximate surface area is 190 Å². The Kier molecular flexibility index (Phi) is 5.31. The van der Waals surface area contributed by atoms with Gasteiger partial charge in [-0.2, -0.15) is 14.6 Å². The number of thiazole rings is 1. The summed E-state index contributed by atoms with van der Waals surface area (Å²) in [4.78, 5) is 29.6. The summed E-state index contributed by atoms with van der Waals surface area (Å²) in [7, 11) is 1.58. The van der Waals surface area contributed by atoms with Crippen LogP contribution in [0.5, 0.6) is 5.75 Å². The van der Waals surface area contributed by atoms with Crippen LogP contribution in [0, 0.1) is 5.82 Å². The van der Waals surface area contributed by atoms with E-state index in [1.165, 1.54) is 12.1 Å². The first kappa shape index (κ1) is 20.8. The molecule has 0 saturated heterocycles. The van der Waals surface area contributed by atoms with Gasteiger partial charge in [-0.3, -0.25) is 9.59 Å². The molecule has 7 nitrogen and oxygen atoms in total. The van der Waals surface area contributed by atoms with Crippen molar-refractivity contribution >= 4 is 22.4 Å². The van der Waals surface area contributed by atoms with Crippen LogP contribution in [0.4, 0.5) is 4.39 Å². The molecule has 0 amide bonds. The molecule has 164 valence electrons. The zero-order chi connectivity index (χ0) is 22.9. The van der Waals surface area contributed by atoms with Crippen LogP contribution in [0.3, 0.4) is 0 Å². The molecule has 0 aliphatic carbocycles. The maximum atomic E-state index is 13.1. The molecule has 33 heavy (non-hydrogen) atoms. The first-order valence-electron chi connectivity index (χ1n) is 9.93. The van der Waals surface area contributed by atoms with Gasteiger partial charge in [0.15, 0.2) is 0 Å². The highest BCUT2D eigenvalue weighted by Crippen LogP contribution is 2.22. The fourth-order valence-corrected chi connectivity index (χ4v) is 4.20. The summed E-state index contributed by atoms with van der Waals surface area (Å²) in [6.45, 7) is 0. The summed E-state index contributed by atoms with van der Waals surface area (Å²) in [6.07, 6.45) is 1.82. The molecule has 0 radical (unpaired) electrons. The Morgan fingerprint density at radius 3 is 2.55 bits per heavy atom. The fourth-order valence-electron chi connectivity index (χ4n) is 3.32. The van der Waals surface area contributed by atoms with Crippen molar-refractivity contribution in [3.8, 4) is 17.1 Å². The average Bonchev–Trinajstić information content (AvgIpc) is 3.40. The third kappa shape index (κ3) is 4.18. The lowest BCUT2D eigenvalue weighted by Gasteiger charge is -2.02. The summed E-state index contributed by atoms with van der Waals surface area (Å²) in [5.74, 6) is 1.36. The Morgan fingerprint density at radius 1 is 1.06 bits per heavy atom. The topological polar surface area (TPSA) is 86.7 Å². The monoisotopic (exact) mass is 461 g/mol. The van der Waals surface area contributed by atoms with Gasteiger partial charge >= 0.3 is 0 Å². The van der Waals surface area contributed by atoms with Gasteiger partial charge in [-0.15, -0.1) is 0 Å². The summed E-state index contributed by atoms with van der Waals surface area (Å²) in [5.41, 5.74) is 0.872. The van der Waals surface area contributed by atoms with Crippen molar-refractivity contribution in [2.45, 2.75) is 6.42 Å². The SMILES string of the molecule is COc1ccc(Cc2nn3c(=O)/c(=C\c4ccc(-c5ccc(F)cc5)o4)sc3nc2=O)cc1. The van der Waals surface area contributed by atoms with Gasteiger partial charge in [0.1, 0.15) is 33.3 Å². The smallest absolute Gasteiger partial charge is 0.296 e. The summed E-state index contributed by atoms with van der Waals surface area (Å²) >= 11 is 1.06. The minimum absolute atomic E-state index is 0.177. The third-order valence-electron chi connectivity index (χ3n) is 5.01.